The van der Waals surface area contributed by atoms with Crippen LogP contribution in [0.1, 0.15) is 51.4 Å². The molecule has 0 N–H and O–H groups in total. The summed E-state index contributed by atoms with van der Waals surface area (Å²) in [6.07, 6.45) is 20.0. The molecule has 0 amide bonds. The van der Waals surface area contributed by atoms with Crippen LogP contribution in [0.5, 0.6) is 0 Å². The highest BCUT2D eigenvalue weighted by Gasteiger charge is 1.87. The van der Waals surface area contributed by atoms with Gasteiger partial charge in [-0.3, -0.25) is 0 Å². The maximum absolute atomic E-state index is 2.35. The average Bonchev–Trinajstić information content (AvgIpc) is 2.05. The van der Waals surface area contributed by atoms with E-state index < -0.39 is 0 Å². The molecule has 1 aliphatic carbocycles. The molecule has 0 saturated heterocycles. The fourth-order valence-electron chi connectivity index (χ4n) is 1.52. The van der Waals surface area contributed by atoms with E-state index in [9.17, 15) is 0 Å². The number of hydrogen-bond acceptors (Lipinski definition) is 0. The van der Waals surface area contributed by atoms with E-state index >= 15 is 0 Å². The predicted octanol–water partition coefficient (Wildman–Crippen LogP) is 4.23. The molecule has 12 heavy (non-hydrogen) atoms. The van der Waals surface area contributed by atoms with Crippen molar-refractivity contribution in [1.82, 2.24) is 0 Å². The minimum absolute atomic E-state index is 1.29. The summed E-state index contributed by atoms with van der Waals surface area (Å²) in [7, 11) is 0. The van der Waals surface area contributed by atoms with E-state index in [-0.39, 0.29) is 0 Å². The van der Waals surface area contributed by atoms with Crippen molar-refractivity contribution in [3.05, 3.63) is 24.3 Å². The van der Waals surface area contributed by atoms with Crippen LogP contribution < -0.4 is 0 Å². The summed E-state index contributed by atoms with van der Waals surface area (Å²) in [4.78, 5) is 0. The second-order valence-electron chi connectivity index (χ2n) is 3.51. The molecule has 0 fully saturated rings. The Kier molecular flexibility index (Phi) is 5.70. The Hall–Kier alpha value is -0.520. The van der Waals surface area contributed by atoms with Gasteiger partial charge >= 0.3 is 0 Å². The molecule has 0 aliphatic heterocycles. The van der Waals surface area contributed by atoms with Crippen molar-refractivity contribution in [2.24, 2.45) is 0 Å². The van der Waals surface area contributed by atoms with E-state index in [4.69, 9.17) is 0 Å². The van der Waals surface area contributed by atoms with Crippen molar-refractivity contribution in [1.29, 1.82) is 0 Å². The number of rotatable bonds is 0. The van der Waals surface area contributed by atoms with Crippen LogP contribution in [0.3, 0.4) is 0 Å². The van der Waals surface area contributed by atoms with E-state index in [2.05, 4.69) is 24.3 Å². The predicted molar refractivity (Wildman–Crippen MR) is 55.2 cm³/mol. The zero-order chi connectivity index (χ0) is 8.49. The van der Waals surface area contributed by atoms with Gasteiger partial charge in [0, 0.05) is 0 Å². The second-order valence-corrected chi connectivity index (χ2v) is 3.51. The van der Waals surface area contributed by atoms with Crippen LogP contribution in [-0.4, -0.2) is 0 Å². The summed E-state index contributed by atoms with van der Waals surface area (Å²) < 4.78 is 0. The van der Waals surface area contributed by atoms with Gasteiger partial charge in [0.2, 0.25) is 0 Å². The highest BCUT2D eigenvalue weighted by Crippen LogP contribution is 2.07. The molecule has 1 rings (SSSR count). The van der Waals surface area contributed by atoms with Gasteiger partial charge in [0.05, 0.1) is 0 Å². The van der Waals surface area contributed by atoms with E-state index in [1.165, 1.54) is 51.4 Å². The van der Waals surface area contributed by atoms with Gasteiger partial charge in [0.25, 0.3) is 0 Å². The summed E-state index contributed by atoms with van der Waals surface area (Å²) >= 11 is 0. The lowest BCUT2D eigenvalue weighted by atomic mass is 10.1. The maximum Gasteiger partial charge on any atom is -0.0351 e. The van der Waals surface area contributed by atoms with Gasteiger partial charge in [0.15, 0.2) is 0 Å². The number of hydrogen-bond donors (Lipinski definition) is 0. The summed E-state index contributed by atoms with van der Waals surface area (Å²) in [6.45, 7) is 0. The van der Waals surface area contributed by atoms with Gasteiger partial charge in [-0.15, -0.1) is 0 Å². The van der Waals surface area contributed by atoms with Crippen LogP contribution in [-0.2, 0) is 0 Å². The van der Waals surface area contributed by atoms with Crippen LogP contribution in [0.25, 0.3) is 0 Å². The first kappa shape index (κ1) is 9.57. The van der Waals surface area contributed by atoms with Crippen LogP contribution in [0.2, 0.25) is 0 Å². The molecule has 0 bridgehead atoms. The summed E-state index contributed by atoms with van der Waals surface area (Å²) in [5, 5.41) is 0. The maximum atomic E-state index is 2.35. The topological polar surface area (TPSA) is 0 Å². The molecule has 0 atom stereocenters. The highest BCUT2D eigenvalue weighted by atomic mass is 13.9. The zero-order valence-corrected chi connectivity index (χ0v) is 7.97. The molecule has 0 heterocycles. The molecule has 0 nitrogen and oxygen atoms in total. The molecular weight excluding hydrogens is 144 g/mol. The molecule has 0 unspecified atom stereocenters. The smallest absolute Gasteiger partial charge is 0.0351 e. The first-order valence-electron chi connectivity index (χ1n) is 5.30. The molecule has 0 saturated carbocycles. The Morgan fingerprint density at radius 2 is 0.667 bits per heavy atom. The Labute approximate surface area is 76.4 Å². The Morgan fingerprint density at radius 3 is 0.917 bits per heavy atom. The SMILES string of the molecule is C1=CCCCCC=CCCCC1. The summed E-state index contributed by atoms with van der Waals surface area (Å²) in [6, 6.07) is 0. The Bertz CT molecular complexity index is 108. The monoisotopic (exact) mass is 164 g/mol. The van der Waals surface area contributed by atoms with Crippen LogP contribution in [0.4, 0.5) is 0 Å². The fourth-order valence-corrected chi connectivity index (χ4v) is 1.52. The third-order valence-corrected chi connectivity index (χ3v) is 2.32. The van der Waals surface area contributed by atoms with E-state index in [0.717, 1.165) is 0 Å². The highest BCUT2D eigenvalue weighted by molar-refractivity contribution is 4.85. The first-order valence-corrected chi connectivity index (χ1v) is 5.30. The van der Waals surface area contributed by atoms with Gasteiger partial charge in [-0.1, -0.05) is 24.3 Å². The fraction of sp³-hybridized carbons (Fsp3) is 0.667. The van der Waals surface area contributed by atoms with Crippen molar-refractivity contribution < 1.29 is 0 Å². The van der Waals surface area contributed by atoms with Crippen molar-refractivity contribution >= 4 is 0 Å². The molecule has 0 heteroatoms. The molecule has 0 aromatic rings. The summed E-state index contributed by atoms with van der Waals surface area (Å²) in [5.74, 6) is 0. The van der Waals surface area contributed by atoms with Crippen LogP contribution in [0.15, 0.2) is 24.3 Å². The lowest BCUT2D eigenvalue weighted by molar-refractivity contribution is 0.730. The van der Waals surface area contributed by atoms with Gasteiger partial charge in [-0.05, 0) is 51.4 Å². The van der Waals surface area contributed by atoms with Gasteiger partial charge in [-0.25, -0.2) is 0 Å². The van der Waals surface area contributed by atoms with Gasteiger partial charge in [-0.2, -0.15) is 0 Å². The average molecular weight is 164 g/mol. The zero-order valence-electron chi connectivity index (χ0n) is 7.97. The molecular formula is C12H20. The molecule has 0 aromatic heterocycles. The first-order chi connectivity index (χ1) is 6.00. The van der Waals surface area contributed by atoms with Crippen LogP contribution in [0, 0.1) is 0 Å². The van der Waals surface area contributed by atoms with E-state index in [1.54, 1.807) is 0 Å². The van der Waals surface area contributed by atoms with Gasteiger partial charge < -0.3 is 0 Å². The van der Waals surface area contributed by atoms with Gasteiger partial charge in [0.1, 0.15) is 0 Å². The summed E-state index contributed by atoms with van der Waals surface area (Å²) in [5.41, 5.74) is 0. The normalized spacial score (nSPS) is 21.3. The number of allylic oxidation sites excluding steroid dienone is 4. The van der Waals surface area contributed by atoms with E-state index in [0.29, 0.717) is 0 Å². The third kappa shape index (κ3) is 5.17. The molecule has 1 aliphatic rings. The standard InChI is InChI=1S/C12H20/c1-2-4-6-8-10-12-11-9-7-5-3-1/h1-2,11-12H,3-10H2. The molecule has 0 aromatic carbocycles. The Morgan fingerprint density at radius 1 is 0.417 bits per heavy atom. The minimum Gasteiger partial charge on any atom is -0.0885 e. The lowest BCUT2D eigenvalue weighted by Crippen LogP contribution is -1.77. The molecule has 0 radical (unpaired) electrons. The molecule has 0 spiro atoms. The minimum atomic E-state index is 1.29. The lowest BCUT2D eigenvalue weighted by Gasteiger charge is -1.97. The van der Waals surface area contributed by atoms with Crippen molar-refractivity contribution in [2.45, 2.75) is 51.4 Å². The van der Waals surface area contributed by atoms with Crippen LogP contribution >= 0.6 is 0 Å². The largest absolute Gasteiger partial charge is 0.0885 e. The molecule has 68 valence electrons. The quantitative estimate of drug-likeness (QED) is 0.470. The van der Waals surface area contributed by atoms with Crippen molar-refractivity contribution in [3.8, 4) is 0 Å². The third-order valence-electron chi connectivity index (χ3n) is 2.32. The van der Waals surface area contributed by atoms with Crippen molar-refractivity contribution in [3.63, 3.8) is 0 Å². The Balaban J connectivity index is 2.18. The van der Waals surface area contributed by atoms with Crippen molar-refractivity contribution in [2.75, 3.05) is 0 Å². The second kappa shape index (κ2) is 7.15. The van der Waals surface area contributed by atoms with E-state index in [1.807, 2.05) is 0 Å².